The maximum Gasteiger partial charge on any atom is 0.133 e. The fourth-order valence-corrected chi connectivity index (χ4v) is 2.08. The van der Waals surface area contributed by atoms with Crippen LogP contribution in [0.15, 0.2) is 10.7 Å². The summed E-state index contributed by atoms with van der Waals surface area (Å²) in [4.78, 5) is 10.9. The normalized spacial score (nSPS) is 10.9. The predicted molar refractivity (Wildman–Crippen MR) is 73.4 cm³/mol. The van der Waals surface area contributed by atoms with Crippen LogP contribution >= 0.6 is 15.9 Å². The third-order valence-corrected chi connectivity index (χ3v) is 2.67. The molecule has 0 saturated heterocycles. The van der Waals surface area contributed by atoms with Crippen LogP contribution in [0.1, 0.15) is 19.7 Å². The van der Waals surface area contributed by atoms with Gasteiger partial charge >= 0.3 is 0 Å². The van der Waals surface area contributed by atoms with Gasteiger partial charge in [-0.15, -0.1) is 0 Å². The number of halogens is 1. The first-order valence-electron chi connectivity index (χ1n) is 5.78. The molecule has 0 spiro atoms. The Kier molecular flexibility index (Phi) is 5.85. The molecule has 0 amide bonds. The van der Waals surface area contributed by atoms with Gasteiger partial charge in [-0.1, -0.05) is 13.8 Å². The van der Waals surface area contributed by atoms with Gasteiger partial charge in [0.1, 0.15) is 16.2 Å². The van der Waals surface area contributed by atoms with Crippen molar-refractivity contribution in [3.8, 4) is 0 Å². The van der Waals surface area contributed by atoms with E-state index in [0.717, 1.165) is 29.3 Å². The average Bonchev–Trinajstić information content (AvgIpc) is 2.22. The van der Waals surface area contributed by atoms with Crippen LogP contribution in [0.3, 0.4) is 0 Å². The molecular formula is C12H20BrN3O. The van der Waals surface area contributed by atoms with E-state index >= 15 is 0 Å². The number of methoxy groups -OCH3 is 1. The number of ether oxygens (including phenoxy) is 1. The molecule has 0 atom stereocenters. The summed E-state index contributed by atoms with van der Waals surface area (Å²) >= 11 is 3.41. The Morgan fingerprint density at radius 2 is 2.12 bits per heavy atom. The first-order valence-corrected chi connectivity index (χ1v) is 6.57. The van der Waals surface area contributed by atoms with E-state index in [2.05, 4.69) is 44.6 Å². The molecule has 0 fully saturated rings. The first kappa shape index (κ1) is 14.4. The molecule has 1 rings (SSSR count). The molecule has 0 saturated carbocycles. The van der Waals surface area contributed by atoms with E-state index in [0.29, 0.717) is 12.5 Å². The fraction of sp³-hybridized carbons (Fsp3) is 0.667. The molecule has 0 bridgehead atoms. The summed E-state index contributed by atoms with van der Waals surface area (Å²) in [7, 11) is 1.72. The Balaban J connectivity index is 2.86. The predicted octanol–water partition coefficient (Wildman–Crippen LogP) is 2.66. The first-order chi connectivity index (χ1) is 8.02. The quantitative estimate of drug-likeness (QED) is 0.757. The second kappa shape index (κ2) is 6.91. The van der Waals surface area contributed by atoms with Crippen molar-refractivity contribution in [1.82, 2.24) is 9.97 Å². The molecule has 0 radical (unpaired) electrons. The highest BCUT2D eigenvalue weighted by atomic mass is 79.9. The number of hydrogen-bond donors (Lipinski definition) is 0. The molecule has 0 N–H and O–H groups in total. The van der Waals surface area contributed by atoms with Crippen molar-refractivity contribution in [2.45, 2.75) is 20.8 Å². The lowest BCUT2D eigenvalue weighted by Crippen LogP contribution is -2.31. The van der Waals surface area contributed by atoms with Gasteiger partial charge in [0.15, 0.2) is 0 Å². The van der Waals surface area contributed by atoms with Crippen LogP contribution in [0, 0.1) is 12.8 Å². The van der Waals surface area contributed by atoms with Gasteiger partial charge in [0, 0.05) is 26.3 Å². The summed E-state index contributed by atoms with van der Waals surface area (Å²) in [6, 6.07) is 1.95. The molecule has 96 valence electrons. The minimum absolute atomic E-state index is 0.584. The zero-order valence-electron chi connectivity index (χ0n) is 10.9. The fourth-order valence-electron chi connectivity index (χ4n) is 1.62. The van der Waals surface area contributed by atoms with Crippen molar-refractivity contribution < 1.29 is 4.74 Å². The highest BCUT2D eigenvalue weighted by Crippen LogP contribution is 2.17. The van der Waals surface area contributed by atoms with E-state index in [1.807, 2.05) is 13.0 Å². The molecule has 0 aliphatic rings. The Bertz CT molecular complexity index is 337. The number of nitrogens with zero attached hydrogens (tertiary/aromatic N) is 3. The molecule has 4 nitrogen and oxygen atoms in total. The lowest BCUT2D eigenvalue weighted by Gasteiger charge is -2.25. The highest BCUT2D eigenvalue weighted by Gasteiger charge is 2.11. The Hall–Kier alpha value is -0.680. The largest absolute Gasteiger partial charge is 0.383 e. The topological polar surface area (TPSA) is 38.2 Å². The van der Waals surface area contributed by atoms with Crippen LogP contribution in [0.4, 0.5) is 5.82 Å². The van der Waals surface area contributed by atoms with Crippen molar-refractivity contribution in [1.29, 1.82) is 0 Å². The molecule has 1 aromatic rings. The Labute approximate surface area is 112 Å². The Morgan fingerprint density at radius 1 is 1.41 bits per heavy atom. The molecule has 0 aliphatic heterocycles. The van der Waals surface area contributed by atoms with Gasteiger partial charge < -0.3 is 9.64 Å². The van der Waals surface area contributed by atoms with Gasteiger partial charge in [-0.25, -0.2) is 9.97 Å². The summed E-state index contributed by atoms with van der Waals surface area (Å²) in [5.74, 6) is 2.32. The van der Waals surface area contributed by atoms with Crippen LogP contribution in [-0.2, 0) is 4.74 Å². The number of hydrogen-bond acceptors (Lipinski definition) is 4. The molecule has 0 unspecified atom stereocenters. The van der Waals surface area contributed by atoms with Crippen molar-refractivity contribution in [3.63, 3.8) is 0 Å². The summed E-state index contributed by atoms with van der Waals surface area (Å²) in [6.45, 7) is 8.81. The van der Waals surface area contributed by atoms with Gasteiger partial charge in [0.05, 0.1) is 6.61 Å². The molecule has 17 heavy (non-hydrogen) atoms. The van der Waals surface area contributed by atoms with Gasteiger partial charge in [-0.05, 0) is 28.8 Å². The average molecular weight is 302 g/mol. The summed E-state index contributed by atoms with van der Waals surface area (Å²) < 4.78 is 5.96. The summed E-state index contributed by atoms with van der Waals surface area (Å²) in [5.41, 5.74) is 0. The van der Waals surface area contributed by atoms with Crippen molar-refractivity contribution in [2.24, 2.45) is 5.92 Å². The lowest BCUT2D eigenvalue weighted by molar-refractivity contribution is 0.204. The van der Waals surface area contributed by atoms with Crippen LogP contribution in [-0.4, -0.2) is 36.8 Å². The summed E-state index contributed by atoms with van der Waals surface area (Å²) in [6.07, 6.45) is 0. The van der Waals surface area contributed by atoms with Gasteiger partial charge in [-0.3, -0.25) is 0 Å². The van der Waals surface area contributed by atoms with E-state index in [9.17, 15) is 0 Å². The van der Waals surface area contributed by atoms with Gasteiger partial charge in [0.2, 0.25) is 0 Å². The van der Waals surface area contributed by atoms with E-state index in [4.69, 9.17) is 4.74 Å². The highest BCUT2D eigenvalue weighted by molar-refractivity contribution is 9.10. The van der Waals surface area contributed by atoms with E-state index < -0.39 is 0 Å². The number of aryl methyl sites for hydroxylation is 1. The molecule has 1 aromatic heterocycles. The molecule has 0 aliphatic carbocycles. The molecule has 5 heteroatoms. The number of anilines is 1. The van der Waals surface area contributed by atoms with E-state index in [1.165, 1.54) is 0 Å². The third-order valence-electron chi connectivity index (χ3n) is 2.27. The SMILES string of the molecule is COCCN(CC(C)C)c1cc(Br)nc(C)n1. The van der Waals surface area contributed by atoms with E-state index in [-0.39, 0.29) is 0 Å². The van der Waals surface area contributed by atoms with Crippen molar-refractivity contribution in [3.05, 3.63) is 16.5 Å². The van der Waals surface area contributed by atoms with Crippen LogP contribution in [0.2, 0.25) is 0 Å². The lowest BCUT2D eigenvalue weighted by atomic mass is 10.2. The molecule has 0 aromatic carbocycles. The van der Waals surface area contributed by atoms with Crippen molar-refractivity contribution >= 4 is 21.7 Å². The Morgan fingerprint density at radius 3 is 2.65 bits per heavy atom. The number of aromatic nitrogens is 2. The van der Waals surface area contributed by atoms with Gasteiger partial charge in [-0.2, -0.15) is 0 Å². The molecule has 1 heterocycles. The zero-order valence-corrected chi connectivity index (χ0v) is 12.5. The standard InChI is InChI=1S/C12H20BrN3O/c1-9(2)8-16(5-6-17-4)12-7-11(13)14-10(3)15-12/h7,9H,5-6,8H2,1-4H3. The minimum Gasteiger partial charge on any atom is -0.383 e. The van der Waals surface area contributed by atoms with Crippen molar-refractivity contribution in [2.75, 3.05) is 31.7 Å². The third kappa shape index (κ3) is 5.00. The smallest absolute Gasteiger partial charge is 0.133 e. The van der Waals surface area contributed by atoms with E-state index in [1.54, 1.807) is 7.11 Å². The molecular weight excluding hydrogens is 282 g/mol. The second-order valence-corrected chi connectivity index (χ2v) is 5.24. The second-order valence-electron chi connectivity index (χ2n) is 4.43. The number of rotatable bonds is 6. The minimum atomic E-state index is 0.584. The zero-order chi connectivity index (χ0) is 12.8. The van der Waals surface area contributed by atoms with Crippen LogP contribution < -0.4 is 4.90 Å². The summed E-state index contributed by atoms with van der Waals surface area (Å²) in [5, 5.41) is 0. The maximum absolute atomic E-state index is 5.14. The van der Waals surface area contributed by atoms with Crippen LogP contribution in [0.5, 0.6) is 0 Å². The van der Waals surface area contributed by atoms with Gasteiger partial charge in [0.25, 0.3) is 0 Å². The maximum atomic E-state index is 5.14. The monoisotopic (exact) mass is 301 g/mol. The van der Waals surface area contributed by atoms with Crippen LogP contribution in [0.25, 0.3) is 0 Å².